The molecule has 0 amide bonds. The number of anilines is 2. The van der Waals surface area contributed by atoms with Gasteiger partial charge in [0.1, 0.15) is 27.8 Å². The predicted molar refractivity (Wildman–Crippen MR) is 122 cm³/mol. The van der Waals surface area contributed by atoms with Crippen LogP contribution in [0.25, 0.3) is 22.4 Å². The molecule has 0 aliphatic heterocycles. The van der Waals surface area contributed by atoms with Crippen LogP contribution in [-0.4, -0.2) is 37.6 Å². The summed E-state index contributed by atoms with van der Waals surface area (Å²) in [6.07, 6.45) is 1.48. The van der Waals surface area contributed by atoms with Crippen LogP contribution >= 0.6 is 0 Å². The van der Waals surface area contributed by atoms with Crippen molar-refractivity contribution in [1.82, 2.24) is 15.0 Å². The first-order valence-corrected chi connectivity index (χ1v) is 11.1. The number of nitrogens with one attached hydrogen (secondary N) is 1. The van der Waals surface area contributed by atoms with E-state index in [1.54, 1.807) is 37.3 Å². The van der Waals surface area contributed by atoms with Crippen LogP contribution in [0, 0.1) is 6.92 Å². The Morgan fingerprint density at radius 2 is 1.59 bits per heavy atom. The second-order valence-electron chi connectivity index (χ2n) is 7.00. The molecule has 2 heterocycles. The van der Waals surface area contributed by atoms with E-state index in [1.807, 2.05) is 18.2 Å². The monoisotopic (exact) mass is 451 g/mol. The fraction of sp³-hybridized carbons (Fsp3) is 0.136. The van der Waals surface area contributed by atoms with Crippen molar-refractivity contribution in [3.05, 3.63) is 60.4 Å². The lowest BCUT2D eigenvalue weighted by atomic mass is 10.2. The second kappa shape index (κ2) is 8.40. The van der Waals surface area contributed by atoms with E-state index in [9.17, 15) is 8.42 Å². The Kier molecular flexibility index (Phi) is 5.64. The predicted octanol–water partition coefficient (Wildman–Crippen LogP) is 3.41. The van der Waals surface area contributed by atoms with Crippen LogP contribution in [0.2, 0.25) is 0 Å². The number of nitrogens with zero attached hydrogens (tertiary/aromatic N) is 3. The van der Waals surface area contributed by atoms with Crippen LogP contribution in [0.3, 0.4) is 0 Å². The van der Waals surface area contributed by atoms with Crippen LogP contribution in [0.15, 0.2) is 59.6 Å². The van der Waals surface area contributed by atoms with Crippen LogP contribution in [0.5, 0.6) is 11.5 Å². The van der Waals surface area contributed by atoms with Gasteiger partial charge in [-0.05, 0) is 25.1 Å². The van der Waals surface area contributed by atoms with Crippen molar-refractivity contribution >= 4 is 32.4 Å². The fourth-order valence-electron chi connectivity index (χ4n) is 3.32. The lowest BCUT2D eigenvalue weighted by Gasteiger charge is -2.16. The standard InChI is InChI=1S/C22H21N5O4S/c1-13-8-19(26-14-9-15(30-2)11-16(10-14)31-3)22(32(23,28)29)21(25-13)20-12-24-17-6-4-5-7-18(17)27-20/h4-12H,1-3H3,(H,25,26)(H2,23,28,29). The SMILES string of the molecule is COc1cc(Nc2cc(C)nc(-c3cnc4ccccc4n3)c2S(N)(=O)=O)cc(OC)c1. The highest BCUT2D eigenvalue weighted by molar-refractivity contribution is 7.89. The number of fused-ring (bicyclic) bond motifs is 1. The smallest absolute Gasteiger partial charge is 0.242 e. The first kappa shape index (κ1) is 21.5. The number of aromatic nitrogens is 3. The Morgan fingerprint density at radius 3 is 2.22 bits per heavy atom. The second-order valence-corrected chi connectivity index (χ2v) is 8.50. The molecule has 4 aromatic rings. The molecule has 3 N–H and O–H groups in total. The molecular formula is C22H21N5O4S. The molecule has 0 saturated carbocycles. The minimum Gasteiger partial charge on any atom is -0.497 e. The highest BCUT2D eigenvalue weighted by atomic mass is 32.2. The molecule has 0 spiro atoms. The fourth-order valence-corrected chi connectivity index (χ4v) is 4.16. The topological polar surface area (TPSA) is 129 Å². The van der Waals surface area contributed by atoms with Gasteiger partial charge in [-0.3, -0.25) is 4.98 Å². The van der Waals surface area contributed by atoms with Gasteiger partial charge in [0.25, 0.3) is 0 Å². The average Bonchev–Trinajstić information content (AvgIpc) is 2.77. The van der Waals surface area contributed by atoms with Gasteiger partial charge >= 0.3 is 0 Å². The molecule has 0 unspecified atom stereocenters. The first-order valence-electron chi connectivity index (χ1n) is 9.55. The molecule has 10 heteroatoms. The minimum absolute atomic E-state index is 0.114. The summed E-state index contributed by atoms with van der Waals surface area (Å²) in [7, 11) is -1.13. The van der Waals surface area contributed by atoms with E-state index in [0.717, 1.165) is 0 Å². The highest BCUT2D eigenvalue weighted by Gasteiger charge is 2.24. The maximum Gasteiger partial charge on any atom is 0.242 e. The number of benzene rings is 2. The molecule has 0 aliphatic carbocycles. The summed E-state index contributed by atoms with van der Waals surface area (Å²) < 4.78 is 35.9. The lowest BCUT2D eigenvalue weighted by molar-refractivity contribution is 0.395. The maximum absolute atomic E-state index is 12.7. The number of primary sulfonamides is 1. The number of hydrogen-bond acceptors (Lipinski definition) is 8. The van der Waals surface area contributed by atoms with Crippen LogP contribution < -0.4 is 19.9 Å². The van der Waals surface area contributed by atoms with Crippen LogP contribution in [0.4, 0.5) is 11.4 Å². The number of para-hydroxylation sites is 2. The van der Waals surface area contributed by atoms with Crippen molar-refractivity contribution < 1.29 is 17.9 Å². The molecule has 2 aromatic carbocycles. The summed E-state index contributed by atoms with van der Waals surface area (Å²) >= 11 is 0. The van der Waals surface area contributed by atoms with Gasteiger partial charge < -0.3 is 14.8 Å². The van der Waals surface area contributed by atoms with Gasteiger partial charge in [0.15, 0.2) is 0 Å². The van der Waals surface area contributed by atoms with Crippen molar-refractivity contribution in [3.8, 4) is 22.9 Å². The number of sulfonamides is 1. The zero-order chi connectivity index (χ0) is 22.9. The normalized spacial score (nSPS) is 11.4. The van der Waals surface area contributed by atoms with Gasteiger partial charge in [0, 0.05) is 29.6 Å². The number of methoxy groups -OCH3 is 2. The summed E-state index contributed by atoms with van der Waals surface area (Å²) in [6.45, 7) is 1.75. The maximum atomic E-state index is 12.7. The molecule has 4 rings (SSSR count). The third-order valence-corrected chi connectivity index (χ3v) is 5.69. The van der Waals surface area contributed by atoms with E-state index >= 15 is 0 Å². The van der Waals surface area contributed by atoms with Crippen LogP contribution in [-0.2, 0) is 10.0 Å². The van der Waals surface area contributed by atoms with E-state index in [0.29, 0.717) is 39.6 Å². The Bertz CT molecular complexity index is 1400. The molecule has 32 heavy (non-hydrogen) atoms. The quantitative estimate of drug-likeness (QED) is 0.456. The Balaban J connectivity index is 1.91. The van der Waals surface area contributed by atoms with Crippen molar-refractivity contribution in [2.75, 3.05) is 19.5 Å². The minimum atomic E-state index is -4.19. The summed E-state index contributed by atoms with van der Waals surface area (Å²) in [4.78, 5) is 13.2. The van der Waals surface area contributed by atoms with Gasteiger partial charge in [0.2, 0.25) is 10.0 Å². The lowest BCUT2D eigenvalue weighted by Crippen LogP contribution is -2.17. The van der Waals surface area contributed by atoms with Gasteiger partial charge in [0.05, 0.1) is 37.1 Å². The molecule has 0 atom stereocenters. The first-order chi connectivity index (χ1) is 15.3. The van der Waals surface area contributed by atoms with Crippen molar-refractivity contribution in [1.29, 1.82) is 0 Å². The van der Waals surface area contributed by atoms with Crippen LogP contribution in [0.1, 0.15) is 5.69 Å². The van der Waals surface area contributed by atoms with Gasteiger partial charge in [-0.15, -0.1) is 0 Å². The van der Waals surface area contributed by atoms with E-state index < -0.39 is 10.0 Å². The third kappa shape index (κ3) is 4.32. The molecule has 9 nitrogen and oxygen atoms in total. The molecule has 0 radical (unpaired) electrons. The van der Waals surface area contributed by atoms with E-state index in [4.69, 9.17) is 14.6 Å². The van der Waals surface area contributed by atoms with Crippen molar-refractivity contribution in [2.45, 2.75) is 11.8 Å². The molecular weight excluding hydrogens is 430 g/mol. The highest BCUT2D eigenvalue weighted by Crippen LogP contribution is 2.35. The number of hydrogen-bond donors (Lipinski definition) is 2. The van der Waals surface area contributed by atoms with E-state index in [-0.39, 0.29) is 16.3 Å². The summed E-state index contributed by atoms with van der Waals surface area (Å²) in [6, 6.07) is 14.0. The Morgan fingerprint density at radius 1 is 0.938 bits per heavy atom. The summed E-state index contributed by atoms with van der Waals surface area (Å²) in [5.74, 6) is 1.07. The summed E-state index contributed by atoms with van der Waals surface area (Å²) in [5, 5.41) is 8.73. The van der Waals surface area contributed by atoms with Crippen molar-refractivity contribution in [3.63, 3.8) is 0 Å². The Hall–Kier alpha value is -3.76. The van der Waals surface area contributed by atoms with E-state index in [2.05, 4.69) is 20.3 Å². The molecule has 0 bridgehead atoms. The number of aryl methyl sites for hydroxylation is 1. The largest absolute Gasteiger partial charge is 0.497 e. The molecule has 164 valence electrons. The molecule has 2 aromatic heterocycles. The zero-order valence-electron chi connectivity index (χ0n) is 17.7. The average molecular weight is 452 g/mol. The van der Waals surface area contributed by atoms with Gasteiger partial charge in [-0.1, -0.05) is 12.1 Å². The zero-order valence-corrected chi connectivity index (χ0v) is 18.5. The van der Waals surface area contributed by atoms with Gasteiger partial charge in [-0.25, -0.2) is 23.5 Å². The molecule has 0 aliphatic rings. The molecule has 0 fully saturated rings. The number of ether oxygens (including phenoxy) is 2. The summed E-state index contributed by atoms with van der Waals surface area (Å²) in [5.41, 5.74) is 3.07. The Labute approximate surface area is 185 Å². The van der Waals surface area contributed by atoms with E-state index in [1.165, 1.54) is 20.4 Å². The number of nitrogens with two attached hydrogens (primary N) is 1. The van der Waals surface area contributed by atoms with Crippen molar-refractivity contribution in [2.24, 2.45) is 5.14 Å². The number of rotatable bonds is 6. The molecule has 0 saturated heterocycles. The number of pyridine rings is 1. The third-order valence-electron chi connectivity index (χ3n) is 4.71. The van der Waals surface area contributed by atoms with Gasteiger partial charge in [-0.2, -0.15) is 0 Å².